The van der Waals surface area contributed by atoms with Crippen molar-refractivity contribution in [3.05, 3.63) is 71.3 Å². The van der Waals surface area contributed by atoms with Gasteiger partial charge in [0.2, 0.25) is 11.8 Å². The van der Waals surface area contributed by atoms with Crippen molar-refractivity contribution in [1.29, 1.82) is 0 Å². The van der Waals surface area contributed by atoms with Gasteiger partial charge in [0.15, 0.2) is 0 Å². The number of methoxy groups -OCH3 is 2. The third kappa shape index (κ3) is 7.58. The van der Waals surface area contributed by atoms with Crippen molar-refractivity contribution in [2.24, 2.45) is 11.8 Å². The molecule has 0 bridgehead atoms. The fourth-order valence-corrected chi connectivity index (χ4v) is 7.85. The molecule has 3 aromatic carbocycles. The second-order valence-corrected chi connectivity index (χ2v) is 15.2. The van der Waals surface area contributed by atoms with Gasteiger partial charge in [0.25, 0.3) is 0 Å². The highest BCUT2D eigenvalue weighted by Crippen LogP contribution is 2.35. The lowest BCUT2D eigenvalue weighted by Crippen LogP contribution is -2.51. The number of hydrogen-bond donors (Lipinski definition) is 4. The molecule has 4 amide bonds. The van der Waals surface area contributed by atoms with Crippen molar-refractivity contribution in [1.82, 2.24) is 40.4 Å². The van der Waals surface area contributed by atoms with Gasteiger partial charge in [-0.2, -0.15) is 0 Å². The molecule has 0 saturated carbocycles. The van der Waals surface area contributed by atoms with Crippen molar-refractivity contribution in [3.8, 4) is 11.8 Å². The van der Waals surface area contributed by atoms with Crippen LogP contribution in [0.1, 0.15) is 88.2 Å². The van der Waals surface area contributed by atoms with E-state index in [1.165, 1.54) is 14.2 Å². The normalized spacial score (nSPS) is 18.0. The first-order valence-electron chi connectivity index (χ1n) is 19.2. The number of carbonyl (C=O) groups excluding carboxylic acids is 4. The summed E-state index contributed by atoms with van der Waals surface area (Å²) in [6.07, 6.45) is 1.95. The molecule has 292 valence electrons. The lowest BCUT2D eigenvalue weighted by molar-refractivity contribution is -0.136. The highest BCUT2D eigenvalue weighted by Gasteiger charge is 2.39. The summed E-state index contributed by atoms with van der Waals surface area (Å²) >= 11 is 0. The predicted molar refractivity (Wildman–Crippen MR) is 211 cm³/mol. The van der Waals surface area contributed by atoms with Gasteiger partial charge in [-0.05, 0) is 79.3 Å². The van der Waals surface area contributed by atoms with Crippen LogP contribution in [-0.4, -0.2) is 93.1 Å². The van der Waals surface area contributed by atoms with Crippen molar-refractivity contribution < 1.29 is 28.7 Å². The summed E-state index contributed by atoms with van der Waals surface area (Å²) in [5.74, 6) is 7.51. The molecular weight excluding hydrogens is 713 g/mol. The van der Waals surface area contributed by atoms with E-state index in [1.807, 2.05) is 81.1 Å². The summed E-state index contributed by atoms with van der Waals surface area (Å²) < 4.78 is 9.53. The molecule has 4 heterocycles. The van der Waals surface area contributed by atoms with Gasteiger partial charge in [0, 0.05) is 29.6 Å². The topological polar surface area (TPSA) is 175 Å². The number of H-pyrrole nitrogens is 2. The minimum absolute atomic E-state index is 0.115. The standard InChI is InChI=1S/C42H48N8O6/c1-23(2)34(47-41(53)55-5)39(51)49-19-7-9-32(49)37-43-29-17-14-26(22-31(29)45-37)12-11-25-13-16-28-27(21-25)15-18-30-36(28)46-38(44-30)33-10-8-20-50(33)40(52)35(24(3)4)48-42(54)56-6/h13-18,21-24,32-35H,7-10,19-20H2,1-6H3,(H,43,45)(H,44,46)(H,47,53)(H,48,54)/t32-,33-,34+,35-/m0/s1. The number of carbonyl (C=O) groups is 4. The molecule has 0 spiro atoms. The number of benzene rings is 3. The number of aromatic nitrogens is 4. The number of alkyl carbamates (subject to hydrolysis) is 2. The maximum Gasteiger partial charge on any atom is 0.407 e. The molecule has 4 atom stereocenters. The number of aromatic amines is 2. The highest BCUT2D eigenvalue weighted by atomic mass is 16.5. The fraction of sp³-hybridized carbons (Fsp3) is 0.429. The number of nitrogens with zero attached hydrogens (tertiary/aromatic N) is 4. The zero-order valence-corrected chi connectivity index (χ0v) is 32.6. The molecule has 56 heavy (non-hydrogen) atoms. The molecule has 2 fully saturated rings. The van der Waals surface area contributed by atoms with Gasteiger partial charge in [0.1, 0.15) is 23.7 Å². The first-order chi connectivity index (χ1) is 26.9. The number of imidazole rings is 2. The van der Waals surface area contributed by atoms with E-state index in [1.54, 1.807) is 4.90 Å². The Balaban J connectivity index is 1.09. The highest BCUT2D eigenvalue weighted by molar-refractivity contribution is 6.04. The number of amides is 4. The lowest BCUT2D eigenvalue weighted by Gasteiger charge is -2.29. The molecule has 2 aliphatic heterocycles. The third-order valence-electron chi connectivity index (χ3n) is 10.8. The summed E-state index contributed by atoms with van der Waals surface area (Å²) in [6, 6.07) is 14.1. The summed E-state index contributed by atoms with van der Waals surface area (Å²) in [6.45, 7) is 8.76. The third-order valence-corrected chi connectivity index (χ3v) is 10.8. The molecule has 7 rings (SSSR count). The van der Waals surface area contributed by atoms with E-state index in [-0.39, 0.29) is 35.7 Å². The van der Waals surface area contributed by atoms with Crippen LogP contribution in [-0.2, 0) is 19.1 Å². The van der Waals surface area contributed by atoms with Crippen molar-refractivity contribution in [2.75, 3.05) is 27.3 Å². The summed E-state index contributed by atoms with van der Waals surface area (Å²) in [5, 5.41) is 7.37. The van der Waals surface area contributed by atoms with E-state index in [0.29, 0.717) is 18.9 Å². The molecular formula is C42H48N8O6. The van der Waals surface area contributed by atoms with Gasteiger partial charge in [-0.25, -0.2) is 19.6 Å². The monoisotopic (exact) mass is 760 g/mol. The number of likely N-dealkylation sites (tertiary alicyclic amines) is 2. The number of nitrogens with one attached hydrogen (secondary N) is 4. The maximum atomic E-state index is 13.6. The average Bonchev–Trinajstić information content (AvgIpc) is 4.02. The Morgan fingerprint density at radius 1 is 0.714 bits per heavy atom. The Morgan fingerprint density at radius 3 is 1.82 bits per heavy atom. The van der Waals surface area contributed by atoms with Crippen LogP contribution in [0, 0.1) is 23.7 Å². The number of rotatable bonds is 8. The molecule has 0 radical (unpaired) electrons. The second-order valence-electron chi connectivity index (χ2n) is 15.2. The minimum atomic E-state index is -0.700. The van der Waals surface area contributed by atoms with Crippen LogP contribution in [0.4, 0.5) is 9.59 Å². The van der Waals surface area contributed by atoms with E-state index in [4.69, 9.17) is 19.4 Å². The molecule has 2 aromatic heterocycles. The number of ether oxygens (including phenoxy) is 2. The van der Waals surface area contributed by atoms with Gasteiger partial charge >= 0.3 is 12.2 Å². The number of fused-ring (bicyclic) bond motifs is 4. The maximum absolute atomic E-state index is 13.6. The Morgan fingerprint density at radius 2 is 1.25 bits per heavy atom. The predicted octanol–water partition coefficient (Wildman–Crippen LogP) is 6.08. The molecule has 4 N–H and O–H groups in total. The van der Waals surface area contributed by atoms with Gasteiger partial charge in [0.05, 0.1) is 48.4 Å². The molecule has 5 aromatic rings. The van der Waals surface area contributed by atoms with E-state index in [2.05, 4.69) is 32.4 Å². The van der Waals surface area contributed by atoms with Gasteiger partial charge in [-0.15, -0.1) is 0 Å². The first-order valence-corrected chi connectivity index (χ1v) is 19.2. The Bertz CT molecular complexity index is 2370. The molecule has 14 nitrogen and oxygen atoms in total. The zero-order chi connectivity index (χ0) is 39.7. The summed E-state index contributed by atoms with van der Waals surface area (Å²) in [4.78, 5) is 71.6. The first kappa shape index (κ1) is 38.2. The molecule has 0 aliphatic carbocycles. The SMILES string of the molecule is COC(=O)N[C@H](C(=O)N1CCC[C@H]1c1nc2c(ccc3cc(C#Cc4ccc5nc([C@@H]6CCCN6C(=O)[C@H](NC(=O)OC)C(C)C)[nH]c5c4)ccc32)[nH]1)C(C)C. The Labute approximate surface area is 325 Å². The number of hydrogen-bond acceptors (Lipinski definition) is 8. The average molecular weight is 761 g/mol. The van der Waals surface area contributed by atoms with Crippen LogP contribution in [0.2, 0.25) is 0 Å². The van der Waals surface area contributed by atoms with E-state index >= 15 is 0 Å². The van der Waals surface area contributed by atoms with E-state index < -0.39 is 24.3 Å². The zero-order valence-electron chi connectivity index (χ0n) is 32.6. The lowest BCUT2D eigenvalue weighted by atomic mass is 10.0. The minimum Gasteiger partial charge on any atom is -0.453 e. The van der Waals surface area contributed by atoms with Crippen LogP contribution in [0.5, 0.6) is 0 Å². The van der Waals surface area contributed by atoms with Crippen LogP contribution in [0.25, 0.3) is 32.8 Å². The molecule has 0 unspecified atom stereocenters. The van der Waals surface area contributed by atoms with Crippen LogP contribution >= 0.6 is 0 Å². The van der Waals surface area contributed by atoms with E-state index in [9.17, 15) is 19.2 Å². The van der Waals surface area contributed by atoms with Gasteiger partial charge in [-0.1, -0.05) is 51.7 Å². The van der Waals surface area contributed by atoms with Crippen molar-refractivity contribution >= 4 is 56.8 Å². The molecule has 2 aliphatic rings. The Kier molecular flexibility index (Phi) is 10.9. The molecule has 2 saturated heterocycles. The summed E-state index contributed by atoms with van der Waals surface area (Å²) in [7, 11) is 2.57. The Hall–Kier alpha value is -6.10. The van der Waals surface area contributed by atoms with Crippen LogP contribution in [0.15, 0.2) is 48.5 Å². The van der Waals surface area contributed by atoms with E-state index in [0.717, 1.165) is 75.5 Å². The fourth-order valence-electron chi connectivity index (χ4n) is 7.85. The van der Waals surface area contributed by atoms with Gasteiger partial charge < -0.3 is 39.9 Å². The smallest absolute Gasteiger partial charge is 0.407 e. The van der Waals surface area contributed by atoms with Crippen LogP contribution < -0.4 is 10.6 Å². The molecule has 14 heteroatoms. The van der Waals surface area contributed by atoms with Crippen molar-refractivity contribution in [2.45, 2.75) is 77.5 Å². The second kappa shape index (κ2) is 15.9. The quantitative estimate of drug-likeness (QED) is 0.138. The van der Waals surface area contributed by atoms with Gasteiger partial charge in [-0.3, -0.25) is 9.59 Å². The van der Waals surface area contributed by atoms with Crippen LogP contribution in [0.3, 0.4) is 0 Å². The summed E-state index contributed by atoms with van der Waals surface area (Å²) in [5.41, 5.74) is 4.99. The largest absolute Gasteiger partial charge is 0.453 e. The van der Waals surface area contributed by atoms with Crippen molar-refractivity contribution in [3.63, 3.8) is 0 Å².